The van der Waals surface area contributed by atoms with Gasteiger partial charge >= 0.3 is 5.97 Å². The lowest BCUT2D eigenvalue weighted by Gasteiger charge is -2.25. The average Bonchev–Trinajstić information content (AvgIpc) is 2.43. The first kappa shape index (κ1) is 15.7. The van der Waals surface area contributed by atoms with Crippen molar-refractivity contribution in [1.29, 1.82) is 0 Å². The molecule has 19 heavy (non-hydrogen) atoms. The Kier molecular flexibility index (Phi) is 6.57. The van der Waals surface area contributed by atoms with E-state index in [1.54, 1.807) is 12.1 Å². The number of nitrogens with zero attached hydrogens (tertiary/aromatic N) is 1. The van der Waals surface area contributed by atoms with E-state index >= 15 is 0 Å². The van der Waals surface area contributed by atoms with E-state index in [1.165, 1.54) is 12.8 Å². The summed E-state index contributed by atoms with van der Waals surface area (Å²) in [6, 6.07) is 7.24. The Bertz CT molecular complexity index is 399. The molecule has 106 valence electrons. The van der Waals surface area contributed by atoms with Crippen molar-refractivity contribution in [2.24, 2.45) is 5.92 Å². The van der Waals surface area contributed by atoms with Crippen molar-refractivity contribution in [3.8, 4) is 0 Å². The Morgan fingerprint density at radius 3 is 2.47 bits per heavy atom. The van der Waals surface area contributed by atoms with Crippen LogP contribution in [-0.4, -0.2) is 29.1 Å². The molecule has 0 atom stereocenters. The predicted octanol–water partition coefficient (Wildman–Crippen LogP) is 3.64. The molecule has 0 aromatic heterocycles. The number of aromatic carboxylic acids is 1. The van der Waals surface area contributed by atoms with Crippen LogP contribution in [0.4, 0.5) is 0 Å². The van der Waals surface area contributed by atoms with Crippen LogP contribution >= 0.6 is 0 Å². The molecular weight excluding hydrogens is 238 g/mol. The summed E-state index contributed by atoms with van der Waals surface area (Å²) < 4.78 is 0. The summed E-state index contributed by atoms with van der Waals surface area (Å²) >= 11 is 0. The molecule has 0 spiro atoms. The molecule has 1 rings (SSSR count). The Morgan fingerprint density at radius 1 is 1.26 bits per heavy atom. The van der Waals surface area contributed by atoms with Gasteiger partial charge in [0.15, 0.2) is 0 Å². The molecule has 1 aromatic carbocycles. The van der Waals surface area contributed by atoms with Crippen LogP contribution in [0.1, 0.15) is 49.5 Å². The van der Waals surface area contributed by atoms with E-state index < -0.39 is 5.97 Å². The SMILES string of the molecule is CCC(CC)CN(CC)Cc1cccc(C(=O)O)c1. The molecule has 0 radical (unpaired) electrons. The zero-order valence-electron chi connectivity index (χ0n) is 12.2. The predicted molar refractivity (Wildman–Crippen MR) is 78.4 cm³/mol. The van der Waals surface area contributed by atoms with Crippen LogP contribution in [0.15, 0.2) is 24.3 Å². The number of carboxylic acids is 1. The van der Waals surface area contributed by atoms with E-state index in [9.17, 15) is 4.79 Å². The van der Waals surface area contributed by atoms with Gasteiger partial charge in [-0.25, -0.2) is 4.79 Å². The second kappa shape index (κ2) is 7.95. The van der Waals surface area contributed by atoms with E-state index in [0.717, 1.165) is 31.1 Å². The average molecular weight is 263 g/mol. The third-order valence-corrected chi connectivity index (χ3v) is 3.70. The normalized spacial score (nSPS) is 11.2. The lowest BCUT2D eigenvalue weighted by molar-refractivity contribution is 0.0696. The maximum absolute atomic E-state index is 11.0. The van der Waals surface area contributed by atoms with Gasteiger partial charge in [0, 0.05) is 13.1 Å². The lowest BCUT2D eigenvalue weighted by Crippen LogP contribution is -2.28. The molecule has 0 saturated carbocycles. The van der Waals surface area contributed by atoms with Crippen LogP contribution in [-0.2, 0) is 6.54 Å². The highest BCUT2D eigenvalue weighted by atomic mass is 16.4. The maximum Gasteiger partial charge on any atom is 0.335 e. The monoisotopic (exact) mass is 263 g/mol. The van der Waals surface area contributed by atoms with E-state index in [-0.39, 0.29) is 0 Å². The second-order valence-electron chi connectivity index (χ2n) is 5.02. The topological polar surface area (TPSA) is 40.5 Å². The summed E-state index contributed by atoms with van der Waals surface area (Å²) in [6.45, 7) is 9.52. The highest BCUT2D eigenvalue weighted by molar-refractivity contribution is 5.87. The number of carbonyl (C=O) groups is 1. The molecule has 0 unspecified atom stereocenters. The van der Waals surface area contributed by atoms with Crippen molar-refractivity contribution in [2.45, 2.75) is 40.2 Å². The van der Waals surface area contributed by atoms with Crippen LogP contribution in [0.3, 0.4) is 0 Å². The van der Waals surface area contributed by atoms with Crippen molar-refractivity contribution >= 4 is 5.97 Å². The first-order valence-corrected chi connectivity index (χ1v) is 7.15. The highest BCUT2D eigenvalue weighted by Crippen LogP contribution is 2.13. The molecule has 0 aliphatic rings. The molecule has 0 heterocycles. The quantitative estimate of drug-likeness (QED) is 0.778. The number of hydrogen-bond acceptors (Lipinski definition) is 2. The third kappa shape index (κ3) is 5.03. The minimum absolute atomic E-state index is 0.371. The van der Waals surface area contributed by atoms with Gasteiger partial charge in [0.2, 0.25) is 0 Å². The summed E-state index contributed by atoms with van der Waals surface area (Å²) in [5.41, 5.74) is 1.45. The fourth-order valence-corrected chi connectivity index (χ4v) is 2.28. The molecule has 0 saturated heterocycles. The van der Waals surface area contributed by atoms with Crippen molar-refractivity contribution in [3.05, 3.63) is 35.4 Å². The third-order valence-electron chi connectivity index (χ3n) is 3.70. The van der Waals surface area contributed by atoms with E-state index in [1.807, 2.05) is 12.1 Å². The zero-order chi connectivity index (χ0) is 14.3. The van der Waals surface area contributed by atoms with E-state index in [0.29, 0.717) is 5.56 Å². The van der Waals surface area contributed by atoms with E-state index in [4.69, 9.17) is 5.11 Å². The molecule has 0 fully saturated rings. The van der Waals surface area contributed by atoms with Crippen LogP contribution < -0.4 is 0 Å². The van der Waals surface area contributed by atoms with Gasteiger partial charge in [-0.3, -0.25) is 4.90 Å². The molecule has 0 amide bonds. The van der Waals surface area contributed by atoms with Crippen LogP contribution in [0.25, 0.3) is 0 Å². The highest BCUT2D eigenvalue weighted by Gasteiger charge is 2.11. The summed E-state index contributed by atoms with van der Waals surface area (Å²) in [4.78, 5) is 13.4. The second-order valence-corrected chi connectivity index (χ2v) is 5.02. The number of rotatable bonds is 8. The van der Waals surface area contributed by atoms with Gasteiger partial charge in [0.25, 0.3) is 0 Å². The first-order chi connectivity index (χ1) is 9.10. The van der Waals surface area contributed by atoms with Gasteiger partial charge in [-0.2, -0.15) is 0 Å². The summed E-state index contributed by atoms with van der Waals surface area (Å²) in [5, 5.41) is 9.01. The van der Waals surface area contributed by atoms with E-state index in [2.05, 4.69) is 25.7 Å². The van der Waals surface area contributed by atoms with Crippen LogP contribution in [0, 0.1) is 5.92 Å². The van der Waals surface area contributed by atoms with Gasteiger partial charge in [-0.15, -0.1) is 0 Å². The van der Waals surface area contributed by atoms with Crippen LogP contribution in [0.2, 0.25) is 0 Å². The van der Waals surface area contributed by atoms with Gasteiger partial charge in [-0.05, 0) is 30.2 Å². The van der Waals surface area contributed by atoms with Gasteiger partial charge < -0.3 is 5.11 Å². The number of benzene rings is 1. The van der Waals surface area contributed by atoms with Crippen molar-refractivity contribution in [2.75, 3.05) is 13.1 Å². The summed E-state index contributed by atoms with van der Waals surface area (Å²) in [6.07, 6.45) is 2.39. The van der Waals surface area contributed by atoms with Crippen molar-refractivity contribution in [1.82, 2.24) is 4.90 Å². The minimum atomic E-state index is -0.857. The zero-order valence-corrected chi connectivity index (χ0v) is 12.2. The largest absolute Gasteiger partial charge is 0.478 e. The molecule has 3 heteroatoms. The standard InChI is InChI=1S/C16H25NO2/c1-4-13(5-2)11-17(6-3)12-14-8-7-9-15(10-14)16(18)19/h7-10,13H,4-6,11-12H2,1-3H3,(H,18,19). The molecular formula is C16H25NO2. The molecule has 0 bridgehead atoms. The Labute approximate surface area is 116 Å². The molecule has 1 N–H and O–H groups in total. The summed E-state index contributed by atoms with van der Waals surface area (Å²) in [7, 11) is 0. The molecule has 3 nitrogen and oxygen atoms in total. The molecule has 1 aromatic rings. The summed E-state index contributed by atoms with van der Waals surface area (Å²) in [5.74, 6) is -0.132. The molecule has 0 aliphatic carbocycles. The van der Waals surface area contributed by atoms with Gasteiger partial charge in [0.1, 0.15) is 0 Å². The minimum Gasteiger partial charge on any atom is -0.478 e. The Morgan fingerprint density at radius 2 is 1.95 bits per heavy atom. The van der Waals surface area contributed by atoms with Crippen LogP contribution in [0.5, 0.6) is 0 Å². The smallest absolute Gasteiger partial charge is 0.335 e. The van der Waals surface area contributed by atoms with Gasteiger partial charge in [0.05, 0.1) is 5.56 Å². The molecule has 0 aliphatic heterocycles. The first-order valence-electron chi connectivity index (χ1n) is 7.15. The van der Waals surface area contributed by atoms with Crippen molar-refractivity contribution < 1.29 is 9.90 Å². The lowest BCUT2D eigenvalue weighted by atomic mass is 10.0. The fraction of sp³-hybridized carbons (Fsp3) is 0.562. The van der Waals surface area contributed by atoms with Gasteiger partial charge in [-0.1, -0.05) is 45.7 Å². The number of carboxylic acid groups (broad SMARTS) is 1. The fourth-order valence-electron chi connectivity index (χ4n) is 2.28. The number of hydrogen-bond donors (Lipinski definition) is 1. The van der Waals surface area contributed by atoms with Crippen molar-refractivity contribution in [3.63, 3.8) is 0 Å². The maximum atomic E-state index is 11.0. The Hall–Kier alpha value is -1.35. The Balaban J connectivity index is 2.69.